The fourth-order valence-corrected chi connectivity index (χ4v) is 2.35. The van der Waals surface area contributed by atoms with Crippen LogP contribution in [0.3, 0.4) is 0 Å². The predicted molar refractivity (Wildman–Crippen MR) is 73.1 cm³/mol. The van der Waals surface area contributed by atoms with Crippen LogP contribution < -0.4 is 10.6 Å². The summed E-state index contributed by atoms with van der Waals surface area (Å²) in [4.78, 5) is 13.9. The third-order valence-corrected chi connectivity index (χ3v) is 3.44. The van der Waals surface area contributed by atoms with Gasteiger partial charge in [0.05, 0.1) is 12.8 Å². The first-order chi connectivity index (χ1) is 10.3. The van der Waals surface area contributed by atoms with Crippen molar-refractivity contribution in [1.82, 2.24) is 25.7 Å². The number of amides is 1. The predicted octanol–water partition coefficient (Wildman–Crippen LogP) is -0.151. The van der Waals surface area contributed by atoms with Crippen molar-refractivity contribution in [2.75, 3.05) is 26.7 Å². The van der Waals surface area contributed by atoms with Gasteiger partial charge in [-0.1, -0.05) is 0 Å². The molecule has 1 unspecified atom stereocenters. The number of nitrogens with one attached hydrogen (secondary N) is 2. The highest BCUT2D eigenvalue weighted by atomic mass is 16.4. The van der Waals surface area contributed by atoms with Gasteiger partial charge < -0.3 is 19.5 Å². The van der Waals surface area contributed by atoms with Crippen molar-refractivity contribution in [2.24, 2.45) is 0 Å². The van der Waals surface area contributed by atoms with Gasteiger partial charge in [-0.2, -0.15) is 0 Å². The van der Waals surface area contributed by atoms with Gasteiger partial charge in [0.25, 0.3) is 5.89 Å². The Hall–Kier alpha value is -2.19. The van der Waals surface area contributed by atoms with Gasteiger partial charge in [-0.05, 0) is 12.1 Å². The zero-order valence-electron chi connectivity index (χ0n) is 11.7. The molecule has 21 heavy (non-hydrogen) atoms. The molecule has 2 aromatic heterocycles. The third kappa shape index (κ3) is 2.96. The number of carbonyl (C=O) groups is 1. The summed E-state index contributed by atoms with van der Waals surface area (Å²) in [6.45, 7) is 2.62. The van der Waals surface area contributed by atoms with Crippen molar-refractivity contribution >= 4 is 5.91 Å². The molecule has 3 heterocycles. The Kier molecular flexibility index (Phi) is 3.98. The van der Waals surface area contributed by atoms with Crippen LogP contribution in [0.5, 0.6) is 0 Å². The van der Waals surface area contributed by atoms with E-state index in [0.717, 1.165) is 13.1 Å². The summed E-state index contributed by atoms with van der Waals surface area (Å²) in [6.07, 6.45) is 1.55. The molecule has 0 spiro atoms. The smallest absolute Gasteiger partial charge is 0.283 e. The number of likely N-dealkylation sites (N-methyl/N-ethyl adjacent to an activating group) is 1. The van der Waals surface area contributed by atoms with Gasteiger partial charge in [-0.3, -0.25) is 9.69 Å². The average molecular weight is 291 g/mol. The molecule has 1 aliphatic rings. The van der Waals surface area contributed by atoms with Crippen molar-refractivity contribution in [2.45, 2.75) is 12.6 Å². The van der Waals surface area contributed by atoms with E-state index in [1.807, 2.05) is 4.90 Å². The molecule has 1 atom stereocenters. The summed E-state index contributed by atoms with van der Waals surface area (Å²) in [6, 6.07) is 3.29. The molecular formula is C13H17N5O3. The maximum atomic E-state index is 11.9. The molecule has 0 radical (unpaired) electrons. The fraction of sp³-hybridized carbons (Fsp3) is 0.462. The zero-order chi connectivity index (χ0) is 14.7. The standard InChI is InChI=1S/C13H17N5O3/c1-14-12(19)9-7-15-4-5-18(9)8-11-16-17-13(21-11)10-3-2-6-20-10/h2-3,6,9,15H,4-5,7-8H2,1H3,(H,14,19). The van der Waals surface area contributed by atoms with Crippen LogP contribution in [0, 0.1) is 0 Å². The summed E-state index contributed by atoms with van der Waals surface area (Å²) in [5.41, 5.74) is 0. The lowest BCUT2D eigenvalue weighted by molar-refractivity contribution is -0.126. The highest BCUT2D eigenvalue weighted by Crippen LogP contribution is 2.19. The van der Waals surface area contributed by atoms with Crippen LogP contribution in [-0.4, -0.2) is 53.7 Å². The third-order valence-electron chi connectivity index (χ3n) is 3.44. The highest BCUT2D eigenvalue weighted by Gasteiger charge is 2.29. The van der Waals surface area contributed by atoms with Crippen molar-refractivity contribution in [3.8, 4) is 11.7 Å². The molecule has 2 aromatic rings. The van der Waals surface area contributed by atoms with Crippen LogP contribution in [0.1, 0.15) is 5.89 Å². The van der Waals surface area contributed by atoms with Crippen molar-refractivity contribution < 1.29 is 13.6 Å². The molecule has 1 saturated heterocycles. The summed E-state index contributed by atoms with van der Waals surface area (Å²) in [5.74, 6) is 1.34. The SMILES string of the molecule is CNC(=O)C1CNCCN1Cc1nnc(-c2ccco2)o1. The van der Waals surface area contributed by atoms with Crippen molar-refractivity contribution in [3.05, 3.63) is 24.3 Å². The molecule has 1 aliphatic heterocycles. The molecule has 3 rings (SSSR count). The summed E-state index contributed by atoms with van der Waals surface area (Å²) < 4.78 is 10.8. The van der Waals surface area contributed by atoms with Crippen LogP contribution in [0.4, 0.5) is 0 Å². The lowest BCUT2D eigenvalue weighted by Gasteiger charge is -2.33. The molecule has 1 amide bonds. The molecule has 112 valence electrons. The first-order valence-electron chi connectivity index (χ1n) is 6.80. The van der Waals surface area contributed by atoms with Gasteiger partial charge in [0, 0.05) is 26.7 Å². The Bertz CT molecular complexity index is 595. The topological polar surface area (TPSA) is 96.4 Å². The minimum atomic E-state index is -0.234. The molecule has 0 saturated carbocycles. The molecule has 1 fully saturated rings. The van der Waals surface area contributed by atoms with E-state index >= 15 is 0 Å². The molecule has 0 aliphatic carbocycles. The second kappa shape index (κ2) is 6.06. The molecule has 2 N–H and O–H groups in total. The van der Waals surface area contributed by atoms with Crippen molar-refractivity contribution in [1.29, 1.82) is 0 Å². The zero-order valence-corrected chi connectivity index (χ0v) is 11.7. The normalized spacial score (nSPS) is 19.6. The van der Waals surface area contributed by atoms with Gasteiger partial charge >= 0.3 is 0 Å². The Balaban J connectivity index is 1.71. The van der Waals surface area contributed by atoms with E-state index in [2.05, 4.69) is 20.8 Å². The minimum absolute atomic E-state index is 0.0204. The highest BCUT2D eigenvalue weighted by molar-refractivity contribution is 5.81. The first kappa shape index (κ1) is 13.8. The molecule has 8 nitrogen and oxygen atoms in total. The average Bonchev–Trinajstić information content (AvgIpc) is 3.18. The summed E-state index contributed by atoms with van der Waals surface area (Å²) in [7, 11) is 1.64. The largest absolute Gasteiger partial charge is 0.459 e. The van der Waals surface area contributed by atoms with Crippen LogP contribution in [0.25, 0.3) is 11.7 Å². The van der Waals surface area contributed by atoms with Gasteiger partial charge in [-0.25, -0.2) is 0 Å². The Morgan fingerprint density at radius 2 is 2.48 bits per heavy atom. The minimum Gasteiger partial charge on any atom is -0.459 e. The molecular weight excluding hydrogens is 274 g/mol. The quantitative estimate of drug-likeness (QED) is 0.808. The lowest BCUT2D eigenvalue weighted by Crippen LogP contribution is -2.56. The first-order valence-corrected chi connectivity index (χ1v) is 6.80. The van der Waals surface area contributed by atoms with E-state index in [9.17, 15) is 4.79 Å². The van der Waals surface area contributed by atoms with Gasteiger partial charge in [0.15, 0.2) is 5.76 Å². The van der Waals surface area contributed by atoms with Crippen LogP contribution in [0.2, 0.25) is 0 Å². The van der Waals surface area contributed by atoms with Gasteiger partial charge in [0.2, 0.25) is 11.8 Å². The lowest BCUT2D eigenvalue weighted by atomic mass is 10.2. The Labute approximate surface area is 121 Å². The van der Waals surface area contributed by atoms with E-state index < -0.39 is 0 Å². The monoisotopic (exact) mass is 291 g/mol. The fourth-order valence-electron chi connectivity index (χ4n) is 2.35. The van der Waals surface area contributed by atoms with E-state index in [1.165, 1.54) is 0 Å². The molecule has 8 heteroatoms. The second-order valence-electron chi connectivity index (χ2n) is 4.78. The number of hydrogen-bond acceptors (Lipinski definition) is 7. The summed E-state index contributed by atoms with van der Waals surface area (Å²) >= 11 is 0. The molecule has 0 aromatic carbocycles. The number of aromatic nitrogens is 2. The summed E-state index contributed by atoms with van der Waals surface area (Å²) in [5, 5.41) is 13.9. The number of hydrogen-bond donors (Lipinski definition) is 2. The second-order valence-corrected chi connectivity index (χ2v) is 4.78. The van der Waals surface area contributed by atoms with Crippen LogP contribution >= 0.6 is 0 Å². The van der Waals surface area contributed by atoms with Crippen LogP contribution in [-0.2, 0) is 11.3 Å². The molecule has 0 bridgehead atoms. The maximum absolute atomic E-state index is 11.9. The Morgan fingerprint density at radius 3 is 3.24 bits per heavy atom. The number of nitrogens with zero attached hydrogens (tertiary/aromatic N) is 3. The number of rotatable bonds is 4. The van der Waals surface area contributed by atoms with E-state index in [0.29, 0.717) is 30.6 Å². The number of carbonyl (C=O) groups excluding carboxylic acids is 1. The van der Waals surface area contributed by atoms with Gasteiger partial charge in [0.1, 0.15) is 6.04 Å². The number of piperazine rings is 1. The van der Waals surface area contributed by atoms with E-state index in [4.69, 9.17) is 8.83 Å². The Morgan fingerprint density at radius 1 is 1.57 bits per heavy atom. The maximum Gasteiger partial charge on any atom is 0.283 e. The number of furan rings is 1. The van der Waals surface area contributed by atoms with Crippen LogP contribution in [0.15, 0.2) is 27.2 Å². The van der Waals surface area contributed by atoms with Crippen molar-refractivity contribution in [3.63, 3.8) is 0 Å². The van der Waals surface area contributed by atoms with E-state index in [-0.39, 0.29) is 11.9 Å². The van der Waals surface area contributed by atoms with Gasteiger partial charge in [-0.15, -0.1) is 10.2 Å². The van der Waals surface area contributed by atoms with E-state index in [1.54, 1.807) is 25.4 Å².